The molecule has 4 nitrogen and oxygen atoms in total. The number of nitrogens with two attached hydrogens (primary N) is 1. The van der Waals surface area contributed by atoms with E-state index in [0.29, 0.717) is 18.9 Å². The first-order valence-corrected chi connectivity index (χ1v) is 6.66. The van der Waals surface area contributed by atoms with Crippen molar-refractivity contribution >= 4 is 17.4 Å². The average Bonchev–Trinajstić information content (AvgIpc) is 2.35. The second kappa shape index (κ2) is 5.51. The molecule has 0 radical (unpaired) electrons. The molecule has 2 rings (SSSR count). The molecular formula is C12H17NO3S. The van der Waals surface area contributed by atoms with E-state index in [2.05, 4.69) is 0 Å². The molecule has 0 saturated heterocycles. The van der Waals surface area contributed by atoms with Crippen LogP contribution in [0, 0.1) is 0 Å². The molecule has 94 valence electrons. The van der Waals surface area contributed by atoms with Crippen LogP contribution >= 0.6 is 11.8 Å². The zero-order valence-electron chi connectivity index (χ0n) is 9.81. The highest BCUT2D eigenvalue weighted by molar-refractivity contribution is 7.99. The summed E-state index contributed by atoms with van der Waals surface area (Å²) in [5.41, 5.74) is 7.70. The summed E-state index contributed by atoms with van der Waals surface area (Å²) in [5, 5.41) is 9.19. The third kappa shape index (κ3) is 2.98. The van der Waals surface area contributed by atoms with Crippen LogP contribution in [0.5, 0.6) is 11.5 Å². The van der Waals surface area contributed by atoms with E-state index in [1.807, 2.05) is 19.1 Å². The van der Waals surface area contributed by atoms with Gasteiger partial charge in [-0.2, -0.15) is 11.8 Å². The molecule has 1 aromatic carbocycles. The minimum atomic E-state index is 0.176. The monoisotopic (exact) mass is 255 g/mol. The van der Waals surface area contributed by atoms with Gasteiger partial charge in [0.15, 0.2) is 11.5 Å². The van der Waals surface area contributed by atoms with Crippen molar-refractivity contribution in [2.45, 2.75) is 17.9 Å². The van der Waals surface area contributed by atoms with E-state index in [9.17, 15) is 0 Å². The van der Waals surface area contributed by atoms with Crippen LogP contribution in [-0.2, 0) is 5.75 Å². The van der Waals surface area contributed by atoms with Gasteiger partial charge in [0.1, 0.15) is 13.2 Å². The standard InChI is InChI=1S/C12H17NO3S/c1-8(6-14)17-7-9-4-11-12(5-10(9)13)16-3-2-15-11/h4-5,8,14H,2-3,6-7,13H2,1H3. The maximum Gasteiger partial charge on any atom is 0.163 e. The third-order valence-electron chi connectivity index (χ3n) is 2.58. The number of fused-ring (bicyclic) bond motifs is 1. The van der Waals surface area contributed by atoms with Gasteiger partial charge in [-0.3, -0.25) is 0 Å². The first-order chi connectivity index (χ1) is 8.20. The topological polar surface area (TPSA) is 64.7 Å². The fourth-order valence-electron chi connectivity index (χ4n) is 1.56. The maximum atomic E-state index is 8.98. The van der Waals surface area contributed by atoms with Crippen molar-refractivity contribution in [2.75, 3.05) is 25.6 Å². The molecule has 0 spiro atoms. The lowest BCUT2D eigenvalue weighted by Gasteiger charge is -2.20. The van der Waals surface area contributed by atoms with E-state index in [4.69, 9.17) is 20.3 Å². The minimum Gasteiger partial charge on any atom is -0.486 e. The largest absolute Gasteiger partial charge is 0.486 e. The summed E-state index contributed by atoms with van der Waals surface area (Å²) in [7, 11) is 0. The summed E-state index contributed by atoms with van der Waals surface area (Å²) < 4.78 is 11.0. The quantitative estimate of drug-likeness (QED) is 0.801. The summed E-state index contributed by atoms with van der Waals surface area (Å²) in [6, 6.07) is 3.74. The lowest BCUT2D eigenvalue weighted by Crippen LogP contribution is -2.16. The van der Waals surface area contributed by atoms with E-state index < -0.39 is 0 Å². The number of hydrogen-bond donors (Lipinski definition) is 2. The predicted molar refractivity (Wildman–Crippen MR) is 69.7 cm³/mol. The van der Waals surface area contributed by atoms with Crippen molar-refractivity contribution in [2.24, 2.45) is 0 Å². The Labute approximate surface area is 105 Å². The molecule has 1 heterocycles. The molecule has 1 aliphatic rings. The predicted octanol–water partition coefficient (Wildman–Crippen LogP) is 1.65. The number of aliphatic hydroxyl groups is 1. The molecule has 5 heteroatoms. The molecule has 0 aliphatic carbocycles. The highest BCUT2D eigenvalue weighted by Gasteiger charge is 2.15. The van der Waals surface area contributed by atoms with Gasteiger partial charge in [-0.15, -0.1) is 0 Å². The smallest absolute Gasteiger partial charge is 0.163 e. The van der Waals surface area contributed by atoms with Gasteiger partial charge >= 0.3 is 0 Å². The molecule has 1 aliphatic heterocycles. The van der Waals surface area contributed by atoms with Gasteiger partial charge in [-0.05, 0) is 11.6 Å². The van der Waals surface area contributed by atoms with Crippen LogP contribution in [0.15, 0.2) is 12.1 Å². The van der Waals surface area contributed by atoms with Crippen molar-refractivity contribution in [3.05, 3.63) is 17.7 Å². The van der Waals surface area contributed by atoms with Gasteiger partial charge in [0, 0.05) is 22.8 Å². The number of rotatable bonds is 4. The Morgan fingerprint density at radius 1 is 1.35 bits per heavy atom. The van der Waals surface area contributed by atoms with Crippen molar-refractivity contribution in [1.82, 2.24) is 0 Å². The number of nitrogen functional groups attached to an aromatic ring is 1. The van der Waals surface area contributed by atoms with Gasteiger partial charge in [-0.1, -0.05) is 6.92 Å². The summed E-state index contributed by atoms with van der Waals surface area (Å²) in [6.45, 7) is 3.31. The molecule has 17 heavy (non-hydrogen) atoms. The van der Waals surface area contributed by atoms with Crippen LogP contribution in [0.2, 0.25) is 0 Å². The normalized spacial score (nSPS) is 15.6. The third-order valence-corrected chi connectivity index (χ3v) is 3.78. The van der Waals surface area contributed by atoms with Gasteiger partial charge in [0.25, 0.3) is 0 Å². The Balaban J connectivity index is 2.11. The fourth-order valence-corrected chi connectivity index (χ4v) is 2.38. The molecule has 1 aromatic rings. The van der Waals surface area contributed by atoms with Crippen LogP contribution in [0.25, 0.3) is 0 Å². The minimum absolute atomic E-state index is 0.176. The summed E-state index contributed by atoms with van der Waals surface area (Å²) in [6.07, 6.45) is 0. The molecular weight excluding hydrogens is 238 g/mol. The summed E-state index contributed by atoms with van der Waals surface area (Å²) in [4.78, 5) is 0. The fraction of sp³-hybridized carbons (Fsp3) is 0.500. The van der Waals surface area contributed by atoms with E-state index in [0.717, 1.165) is 22.8 Å². The molecule has 0 aromatic heterocycles. The highest BCUT2D eigenvalue weighted by Crippen LogP contribution is 2.36. The van der Waals surface area contributed by atoms with Gasteiger partial charge in [0.05, 0.1) is 6.61 Å². The second-order valence-corrected chi connectivity index (χ2v) is 5.43. The Hall–Kier alpha value is -1.07. The lowest BCUT2D eigenvalue weighted by atomic mass is 10.2. The van der Waals surface area contributed by atoms with E-state index in [-0.39, 0.29) is 11.9 Å². The summed E-state index contributed by atoms with van der Waals surface area (Å²) in [5.74, 6) is 2.25. The second-order valence-electron chi connectivity index (χ2n) is 4.00. The summed E-state index contributed by atoms with van der Waals surface area (Å²) >= 11 is 1.67. The van der Waals surface area contributed by atoms with Gasteiger partial charge in [-0.25, -0.2) is 0 Å². The number of anilines is 1. The Morgan fingerprint density at radius 2 is 2.00 bits per heavy atom. The molecule has 1 unspecified atom stereocenters. The molecule has 3 N–H and O–H groups in total. The average molecular weight is 255 g/mol. The van der Waals surface area contributed by atoms with E-state index in [1.54, 1.807) is 11.8 Å². The van der Waals surface area contributed by atoms with Crippen LogP contribution in [-0.4, -0.2) is 30.2 Å². The molecule has 0 amide bonds. The number of thioether (sulfide) groups is 1. The van der Waals surface area contributed by atoms with Crippen molar-refractivity contribution in [1.29, 1.82) is 0 Å². The van der Waals surface area contributed by atoms with Crippen LogP contribution in [0.4, 0.5) is 5.69 Å². The Kier molecular flexibility index (Phi) is 4.02. The van der Waals surface area contributed by atoms with E-state index >= 15 is 0 Å². The van der Waals surface area contributed by atoms with Crippen LogP contribution < -0.4 is 15.2 Å². The lowest BCUT2D eigenvalue weighted by molar-refractivity contribution is 0.171. The first kappa shape index (κ1) is 12.4. The first-order valence-electron chi connectivity index (χ1n) is 5.61. The number of hydrogen-bond acceptors (Lipinski definition) is 5. The van der Waals surface area contributed by atoms with Crippen molar-refractivity contribution in [3.63, 3.8) is 0 Å². The van der Waals surface area contributed by atoms with Gasteiger partial charge < -0.3 is 20.3 Å². The van der Waals surface area contributed by atoms with E-state index in [1.165, 1.54) is 0 Å². The van der Waals surface area contributed by atoms with Crippen LogP contribution in [0.3, 0.4) is 0 Å². The highest BCUT2D eigenvalue weighted by atomic mass is 32.2. The maximum absolute atomic E-state index is 8.98. The van der Waals surface area contributed by atoms with Crippen LogP contribution in [0.1, 0.15) is 12.5 Å². The number of benzene rings is 1. The van der Waals surface area contributed by atoms with Gasteiger partial charge in [0.2, 0.25) is 0 Å². The molecule has 0 fully saturated rings. The molecule has 0 saturated carbocycles. The zero-order chi connectivity index (χ0) is 12.3. The SMILES string of the molecule is CC(CO)SCc1cc2c(cc1N)OCCO2. The number of aliphatic hydroxyl groups excluding tert-OH is 1. The number of ether oxygens (including phenoxy) is 2. The zero-order valence-corrected chi connectivity index (χ0v) is 10.6. The Morgan fingerprint density at radius 3 is 2.65 bits per heavy atom. The molecule has 1 atom stereocenters. The van der Waals surface area contributed by atoms with Crippen molar-refractivity contribution in [3.8, 4) is 11.5 Å². The molecule has 0 bridgehead atoms. The Bertz CT molecular complexity index is 398. The van der Waals surface area contributed by atoms with Crippen molar-refractivity contribution < 1.29 is 14.6 Å².